The molecular weight excluding hydrogens is 226 g/mol. The molecule has 0 aliphatic heterocycles. The topological polar surface area (TPSA) is 20.3 Å². The van der Waals surface area contributed by atoms with Crippen LogP contribution in [0.25, 0.3) is 0 Å². The van der Waals surface area contributed by atoms with Crippen LogP contribution in [-0.2, 0) is 0 Å². The molecule has 1 rings (SSSR count). The Labute approximate surface area is 89.5 Å². The molecule has 0 heterocycles. The van der Waals surface area contributed by atoms with Crippen LogP contribution in [0.1, 0.15) is 10.4 Å². The van der Waals surface area contributed by atoms with Crippen LogP contribution in [-0.4, -0.2) is 26.1 Å². The lowest BCUT2D eigenvalue weighted by Gasteiger charge is -2.22. The predicted octanol–water partition coefficient (Wildman–Crippen LogP) is 2.64. The van der Waals surface area contributed by atoms with Crippen LogP contribution in [0.15, 0.2) is 18.2 Å². The molecule has 1 aromatic carbocycles. The van der Waals surface area contributed by atoms with E-state index in [9.17, 15) is 22.4 Å². The fraction of sp³-hybridized carbons (Fsp3) is 0.300. The fourth-order valence-electron chi connectivity index (χ4n) is 1.38. The van der Waals surface area contributed by atoms with Gasteiger partial charge in [-0.05, 0) is 12.1 Å². The van der Waals surface area contributed by atoms with Crippen molar-refractivity contribution >= 4 is 12.0 Å². The number of benzene rings is 1. The van der Waals surface area contributed by atoms with Crippen LogP contribution in [0.2, 0.25) is 0 Å². The molecule has 0 atom stereocenters. The summed E-state index contributed by atoms with van der Waals surface area (Å²) in [7, 11) is 1.08. The Morgan fingerprint density at radius 3 is 2.50 bits per heavy atom. The van der Waals surface area contributed by atoms with Crippen molar-refractivity contribution < 1.29 is 22.4 Å². The number of rotatable bonds is 3. The molecule has 0 bridgehead atoms. The Morgan fingerprint density at radius 1 is 1.38 bits per heavy atom. The van der Waals surface area contributed by atoms with E-state index in [0.717, 1.165) is 13.1 Å². The van der Waals surface area contributed by atoms with Crippen molar-refractivity contribution in [3.63, 3.8) is 0 Å². The van der Waals surface area contributed by atoms with E-state index < -0.39 is 18.5 Å². The van der Waals surface area contributed by atoms with Gasteiger partial charge in [0, 0.05) is 12.6 Å². The van der Waals surface area contributed by atoms with Crippen LogP contribution < -0.4 is 4.90 Å². The monoisotopic (exact) mass is 235 g/mol. The number of carbonyl (C=O) groups excluding carboxylic acids is 1. The minimum absolute atomic E-state index is 0.105. The van der Waals surface area contributed by atoms with Gasteiger partial charge in [0.1, 0.15) is 12.4 Å². The highest BCUT2D eigenvalue weighted by Gasteiger charge is 2.30. The quantitative estimate of drug-likeness (QED) is 0.593. The third kappa shape index (κ3) is 2.95. The average molecular weight is 235 g/mol. The molecule has 1 aromatic rings. The number of carbonyl (C=O) groups is 1. The lowest BCUT2D eigenvalue weighted by Crippen LogP contribution is -2.32. The van der Waals surface area contributed by atoms with E-state index in [-0.39, 0.29) is 11.3 Å². The number of alkyl halides is 3. The summed E-state index contributed by atoms with van der Waals surface area (Å²) in [5, 5.41) is 0. The third-order valence-electron chi connectivity index (χ3n) is 1.94. The fourth-order valence-corrected chi connectivity index (χ4v) is 1.38. The Balaban J connectivity index is 3.07. The van der Waals surface area contributed by atoms with Crippen molar-refractivity contribution in [2.45, 2.75) is 6.18 Å². The average Bonchev–Trinajstić information content (AvgIpc) is 2.14. The Kier molecular flexibility index (Phi) is 3.51. The molecule has 0 amide bonds. The molecule has 88 valence electrons. The van der Waals surface area contributed by atoms with Crippen molar-refractivity contribution in [3.05, 3.63) is 29.6 Å². The molecule has 0 unspecified atom stereocenters. The smallest absolute Gasteiger partial charge is 0.363 e. The van der Waals surface area contributed by atoms with E-state index in [1.807, 2.05) is 0 Å². The molecule has 16 heavy (non-hydrogen) atoms. The molecule has 0 aliphatic rings. The molecule has 0 saturated carbocycles. The highest BCUT2D eigenvalue weighted by atomic mass is 19.4. The van der Waals surface area contributed by atoms with Gasteiger partial charge < -0.3 is 4.90 Å². The SMILES string of the molecule is CN(CC(F)(F)F)c1c(F)cccc1C=O. The van der Waals surface area contributed by atoms with Gasteiger partial charge in [-0.15, -0.1) is 0 Å². The summed E-state index contributed by atoms with van der Waals surface area (Å²) < 4.78 is 49.6. The van der Waals surface area contributed by atoms with Crippen LogP contribution in [0, 0.1) is 5.82 Å². The minimum atomic E-state index is -4.45. The maximum atomic E-state index is 13.3. The van der Waals surface area contributed by atoms with Gasteiger partial charge in [-0.1, -0.05) is 6.07 Å². The number of halogens is 4. The van der Waals surface area contributed by atoms with Gasteiger partial charge in [0.2, 0.25) is 0 Å². The molecule has 0 radical (unpaired) electrons. The van der Waals surface area contributed by atoms with Gasteiger partial charge in [-0.25, -0.2) is 4.39 Å². The predicted molar refractivity (Wildman–Crippen MR) is 51.1 cm³/mol. The molecule has 0 saturated heterocycles. The zero-order valence-electron chi connectivity index (χ0n) is 8.38. The first-order valence-corrected chi connectivity index (χ1v) is 4.36. The zero-order chi connectivity index (χ0) is 12.3. The second-order valence-electron chi connectivity index (χ2n) is 3.27. The maximum Gasteiger partial charge on any atom is 0.405 e. The lowest BCUT2D eigenvalue weighted by atomic mass is 10.1. The molecule has 0 aromatic heterocycles. The molecule has 0 spiro atoms. The van der Waals surface area contributed by atoms with E-state index >= 15 is 0 Å². The van der Waals surface area contributed by atoms with Gasteiger partial charge in [-0.3, -0.25) is 4.79 Å². The minimum Gasteiger partial charge on any atom is -0.363 e. The summed E-state index contributed by atoms with van der Waals surface area (Å²) in [6, 6.07) is 3.54. The van der Waals surface area contributed by atoms with E-state index in [1.165, 1.54) is 12.1 Å². The van der Waals surface area contributed by atoms with E-state index in [0.29, 0.717) is 11.2 Å². The van der Waals surface area contributed by atoms with Gasteiger partial charge in [0.25, 0.3) is 0 Å². The Morgan fingerprint density at radius 2 is 2.00 bits per heavy atom. The number of hydrogen-bond donors (Lipinski definition) is 0. The normalized spacial score (nSPS) is 11.3. The Hall–Kier alpha value is -1.59. The summed E-state index contributed by atoms with van der Waals surface area (Å²) in [6.45, 7) is -1.31. The first kappa shape index (κ1) is 12.5. The van der Waals surface area contributed by atoms with Crippen molar-refractivity contribution in [3.8, 4) is 0 Å². The van der Waals surface area contributed by atoms with Crippen LogP contribution in [0.5, 0.6) is 0 Å². The van der Waals surface area contributed by atoms with Crippen molar-refractivity contribution in [1.29, 1.82) is 0 Å². The third-order valence-corrected chi connectivity index (χ3v) is 1.94. The molecule has 0 N–H and O–H groups in total. The van der Waals surface area contributed by atoms with Gasteiger partial charge in [0.05, 0.1) is 5.69 Å². The largest absolute Gasteiger partial charge is 0.405 e. The number of aldehydes is 1. The van der Waals surface area contributed by atoms with Crippen LogP contribution >= 0.6 is 0 Å². The highest BCUT2D eigenvalue weighted by molar-refractivity contribution is 5.84. The summed E-state index contributed by atoms with van der Waals surface area (Å²) >= 11 is 0. The van der Waals surface area contributed by atoms with Crippen LogP contribution in [0.3, 0.4) is 0 Å². The molecule has 0 aliphatic carbocycles. The summed E-state index contributed by atoms with van der Waals surface area (Å²) in [5.74, 6) is -0.851. The summed E-state index contributed by atoms with van der Waals surface area (Å²) in [5.41, 5.74) is -0.443. The van der Waals surface area contributed by atoms with Crippen molar-refractivity contribution in [2.24, 2.45) is 0 Å². The van der Waals surface area contributed by atoms with E-state index in [2.05, 4.69) is 0 Å². The van der Waals surface area contributed by atoms with Gasteiger partial charge in [0.15, 0.2) is 6.29 Å². The second-order valence-corrected chi connectivity index (χ2v) is 3.27. The van der Waals surface area contributed by atoms with E-state index in [4.69, 9.17) is 0 Å². The van der Waals surface area contributed by atoms with Crippen molar-refractivity contribution in [1.82, 2.24) is 0 Å². The molecular formula is C10H9F4NO. The highest BCUT2D eigenvalue weighted by Crippen LogP contribution is 2.25. The second kappa shape index (κ2) is 4.51. The van der Waals surface area contributed by atoms with Gasteiger partial charge >= 0.3 is 6.18 Å². The number of anilines is 1. The standard InChI is InChI=1S/C10H9F4NO/c1-15(6-10(12,13)14)9-7(5-16)3-2-4-8(9)11/h2-5H,6H2,1H3. The van der Waals surface area contributed by atoms with E-state index in [1.54, 1.807) is 0 Å². The molecule has 6 heteroatoms. The van der Waals surface area contributed by atoms with Crippen LogP contribution in [0.4, 0.5) is 23.2 Å². The van der Waals surface area contributed by atoms with Gasteiger partial charge in [-0.2, -0.15) is 13.2 Å². The number of hydrogen-bond acceptors (Lipinski definition) is 2. The zero-order valence-corrected chi connectivity index (χ0v) is 8.38. The lowest BCUT2D eigenvalue weighted by molar-refractivity contribution is -0.119. The summed E-state index contributed by atoms with van der Waals surface area (Å²) in [6.07, 6.45) is -4.12. The first-order chi connectivity index (χ1) is 7.35. The first-order valence-electron chi connectivity index (χ1n) is 4.36. The Bertz CT molecular complexity index is 389. The molecule has 2 nitrogen and oxygen atoms in total. The number of nitrogens with zero attached hydrogens (tertiary/aromatic N) is 1. The number of para-hydroxylation sites is 1. The molecule has 0 fully saturated rings. The van der Waals surface area contributed by atoms with Crippen molar-refractivity contribution in [2.75, 3.05) is 18.5 Å². The maximum absolute atomic E-state index is 13.3. The summed E-state index contributed by atoms with van der Waals surface area (Å²) in [4.78, 5) is 11.2.